The summed E-state index contributed by atoms with van der Waals surface area (Å²) in [7, 11) is -3.73. The van der Waals surface area contributed by atoms with E-state index in [0.717, 1.165) is 0 Å². The fraction of sp³-hybridized carbons (Fsp3) is 0.556. The summed E-state index contributed by atoms with van der Waals surface area (Å²) in [5.41, 5.74) is 0. The number of carbonyl (C=O) groups is 1. The molecule has 18 heavy (non-hydrogen) atoms. The highest BCUT2D eigenvalue weighted by Crippen LogP contribution is 2.23. The molecule has 1 saturated heterocycles. The van der Waals surface area contributed by atoms with Crippen molar-refractivity contribution in [2.75, 3.05) is 18.1 Å². The Balaban J connectivity index is 2.24. The standard InChI is InChI=1S/C9H14N4O4S/c10-18(16,17)7-5-9(15)12(6-7)8-1-2-11-13(8)3-4-14/h1-2,7,14H,3-6H2,(H2,10,16,17). The lowest BCUT2D eigenvalue weighted by Crippen LogP contribution is -2.33. The van der Waals surface area contributed by atoms with Gasteiger partial charge in [0.05, 0.1) is 19.3 Å². The lowest BCUT2D eigenvalue weighted by molar-refractivity contribution is -0.117. The molecule has 0 bridgehead atoms. The first-order chi connectivity index (χ1) is 8.43. The Morgan fingerprint density at radius 3 is 2.83 bits per heavy atom. The Hall–Kier alpha value is -1.45. The SMILES string of the molecule is NS(=O)(=O)C1CC(=O)N(c2ccnn2CCO)C1. The van der Waals surface area contributed by atoms with Crippen LogP contribution in [0, 0.1) is 0 Å². The van der Waals surface area contributed by atoms with Crippen molar-refractivity contribution in [3.05, 3.63) is 12.3 Å². The van der Waals surface area contributed by atoms with E-state index in [1.54, 1.807) is 6.07 Å². The Morgan fingerprint density at radius 1 is 1.56 bits per heavy atom. The number of aliphatic hydroxyl groups excluding tert-OH is 1. The topological polar surface area (TPSA) is 119 Å². The fourth-order valence-electron chi connectivity index (χ4n) is 1.94. The van der Waals surface area contributed by atoms with Gasteiger partial charge in [-0.1, -0.05) is 0 Å². The van der Waals surface area contributed by atoms with E-state index in [1.165, 1.54) is 15.8 Å². The van der Waals surface area contributed by atoms with Crippen LogP contribution in [0.1, 0.15) is 6.42 Å². The maximum Gasteiger partial charge on any atom is 0.229 e. The zero-order chi connectivity index (χ0) is 13.3. The van der Waals surface area contributed by atoms with E-state index in [9.17, 15) is 13.2 Å². The lowest BCUT2D eigenvalue weighted by Gasteiger charge is -2.17. The fourth-order valence-corrected chi connectivity index (χ4v) is 2.67. The summed E-state index contributed by atoms with van der Waals surface area (Å²) >= 11 is 0. The molecule has 0 saturated carbocycles. The molecule has 1 amide bonds. The minimum atomic E-state index is -3.73. The van der Waals surface area contributed by atoms with E-state index in [2.05, 4.69) is 5.10 Å². The summed E-state index contributed by atoms with van der Waals surface area (Å²) in [5, 5.41) is 17.0. The third-order valence-electron chi connectivity index (χ3n) is 2.84. The average Bonchev–Trinajstić information content (AvgIpc) is 2.84. The van der Waals surface area contributed by atoms with Gasteiger partial charge in [-0.05, 0) is 0 Å². The molecule has 1 aliphatic heterocycles. The zero-order valence-electron chi connectivity index (χ0n) is 9.56. The molecule has 1 aromatic heterocycles. The number of hydrogen-bond donors (Lipinski definition) is 2. The smallest absolute Gasteiger partial charge is 0.229 e. The average molecular weight is 274 g/mol. The lowest BCUT2D eigenvalue weighted by atomic mass is 10.4. The van der Waals surface area contributed by atoms with Crippen LogP contribution in [0.5, 0.6) is 0 Å². The van der Waals surface area contributed by atoms with Crippen LogP contribution in [-0.4, -0.2) is 47.6 Å². The van der Waals surface area contributed by atoms with Gasteiger partial charge in [0.15, 0.2) is 0 Å². The molecule has 0 spiro atoms. The predicted octanol–water partition coefficient (Wildman–Crippen LogP) is -1.73. The molecule has 100 valence electrons. The summed E-state index contributed by atoms with van der Waals surface area (Å²) < 4.78 is 23.9. The van der Waals surface area contributed by atoms with Crippen molar-refractivity contribution in [2.24, 2.45) is 5.14 Å². The quantitative estimate of drug-likeness (QED) is 0.676. The van der Waals surface area contributed by atoms with Crippen molar-refractivity contribution < 1.29 is 18.3 Å². The van der Waals surface area contributed by atoms with Crippen LogP contribution in [0.2, 0.25) is 0 Å². The minimum absolute atomic E-state index is 0.0226. The number of primary sulfonamides is 1. The summed E-state index contributed by atoms with van der Waals surface area (Å²) in [5.74, 6) is 0.161. The number of aliphatic hydroxyl groups is 1. The van der Waals surface area contributed by atoms with Gasteiger partial charge >= 0.3 is 0 Å². The van der Waals surface area contributed by atoms with Gasteiger partial charge in [-0.3, -0.25) is 9.69 Å². The molecule has 8 nitrogen and oxygen atoms in total. The van der Waals surface area contributed by atoms with Gasteiger partial charge in [0, 0.05) is 19.0 Å². The van der Waals surface area contributed by atoms with Gasteiger partial charge in [-0.15, -0.1) is 0 Å². The van der Waals surface area contributed by atoms with E-state index in [0.29, 0.717) is 5.82 Å². The highest BCUT2D eigenvalue weighted by atomic mass is 32.2. The van der Waals surface area contributed by atoms with Crippen LogP contribution in [-0.2, 0) is 21.4 Å². The van der Waals surface area contributed by atoms with Crippen molar-refractivity contribution in [3.8, 4) is 0 Å². The van der Waals surface area contributed by atoms with Crippen molar-refractivity contribution in [3.63, 3.8) is 0 Å². The number of carbonyl (C=O) groups excluding carboxylic acids is 1. The molecular formula is C9H14N4O4S. The number of amides is 1. The monoisotopic (exact) mass is 274 g/mol. The second-order valence-electron chi connectivity index (χ2n) is 4.06. The normalized spacial score (nSPS) is 20.7. The molecule has 0 radical (unpaired) electrons. The minimum Gasteiger partial charge on any atom is -0.394 e. The molecule has 1 fully saturated rings. The molecule has 2 heterocycles. The predicted molar refractivity (Wildman–Crippen MR) is 63.2 cm³/mol. The maximum absolute atomic E-state index is 11.8. The van der Waals surface area contributed by atoms with Crippen molar-refractivity contribution in [1.82, 2.24) is 9.78 Å². The van der Waals surface area contributed by atoms with Crippen LogP contribution >= 0.6 is 0 Å². The first-order valence-electron chi connectivity index (χ1n) is 5.38. The Morgan fingerprint density at radius 2 is 2.28 bits per heavy atom. The number of aromatic nitrogens is 2. The summed E-state index contributed by atoms with van der Waals surface area (Å²) in [6.45, 7) is 0.149. The van der Waals surface area contributed by atoms with Gasteiger partial charge in [0.1, 0.15) is 11.1 Å². The van der Waals surface area contributed by atoms with Gasteiger partial charge in [-0.2, -0.15) is 5.10 Å². The van der Waals surface area contributed by atoms with Gasteiger partial charge in [-0.25, -0.2) is 18.2 Å². The molecule has 1 aliphatic rings. The number of nitrogens with zero attached hydrogens (tertiary/aromatic N) is 3. The maximum atomic E-state index is 11.8. The largest absolute Gasteiger partial charge is 0.394 e. The molecule has 0 aromatic carbocycles. The number of hydrogen-bond acceptors (Lipinski definition) is 5. The van der Waals surface area contributed by atoms with E-state index < -0.39 is 15.3 Å². The highest BCUT2D eigenvalue weighted by molar-refractivity contribution is 7.89. The Bertz CT molecular complexity index is 553. The summed E-state index contributed by atoms with van der Waals surface area (Å²) in [4.78, 5) is 13.1. The van der Waals surface area contributed by atoms with E-state index in [1.807, 2.05) is 0 Å². The van der Waals surface area contributed by atoms with Crippen LogP contribution < -0.4 is 10.0 Å². The van der Waals surface area contributed by atoms with Gasteiger partial charge in [0.2, 0.25) is 15.9 Å². The van der Waals surface area contributed by atoms with Crippen LogP contribution in [0.25, 0.3) is 0 Å². The van der Waals surface area contributed by atoms with Crippen molar-refractivity contribution in [1.29, 1.82) is 0 Å². The van der Waals surface area contributed by atoms with Crippen LogP contribution in [0.3, 0.4) is 0 Å². The van der Waals surface area contributed by atoms with Gasteiger partial charge < -0.3 is 5.11 Å². The highest BCUT2D eigenvalue weighted by Gasteiger charge is 2.38. The second-order valence-corrected chi connectivity index (χ2v) is 5.90. The molecule has 1 atom stereocenters. The zero-order valence-corrected chi connectivity index (χ0v) is 10.4. The Kier molecular flexibility index (Phi) is 3.37. The van der Waals surface area contributed by atoms with Crippen LogP contribution in [0.15, 0.2) is 12.3 Å². The number of nitrogens with two attached hydrogens (primary N) is 1. The first kappa shape index (κ1) is 13.0. The Labute approximate surface area is 104 Å². The summed E-state index contributed by atoms with van der Waals surface area (Å²) in [6.07, 6.45) is 1.37. The van der Waals surface area contributed by atoms with E-state index >= 15 is 0 Å². The summed E-state index contributed by atoms with van der Waals surface area (Å²) in [6, 6.07) is 1.60. The molecule has 1 unspecified atom stereocenters. The second kappa shape index (κ2) is 4.67. The van der Waals surface area contributed by atoms with Crippen molar-refractivity contribution in [2.45, 2.75) is 18.2 Å². The number of sulfonamides is 1. The molecule has 3 N–H and O–H groups in total. The third kappa shape index (κ3) is 2.37. The van der Waals surface area contributed by atoms with Crippen LogP contribution in [0.4, 0.5) is 5.82 Å². The number of rotatable bonds is 4. The molecule has 9 heteroatoms. The molecular weight excluding hydrogens is 260 g/mol. The van der Waals surface area contributed by atoms with E-state index in [4.69, 9.17) is 10.2 Å². The molecule has 2 rings (SSSR count). The third-order valence-corrected chi connectivity index (χ3v) is 4.08. The van der Waals surface area contributed by atoms with E-state index in [-0.39, 0.29) is 32.0 Å². The first-order valence-corrected chi connectivity index (χ1v) is 6.99. The van der Waals surface area contributed by atoms with Crippen molar-refractivity contribution >= 4 is 21.7 Å². The number of anilines is 1. The molecule has 1 aromatic rings. The molecule has 0 aliphatic carbocycles. The van der Waals surface area contributed by atoms with Gasteiger partial charge in [0.25, 0.3) is 0 Å².